The molecule has 3 rings (SSSR count). The van der Waals surface area contributed by atoms with E-state index in [2.05, 4.69) is 20.8 Å². The Morgan fingerprint density at radius 3 is 2.46 bits per heavy atom. The molecule has 1 saturated heterocycles. The highest BCUT2D eigenvalue weighted by Gasteiger charge is 2.44. The van der Waals surface area contributed by atoms with Gasteiger partial charge in [0.2, 0.25) is 0 Å². The second kappa shape index (κ2) is 7.89. The predicted octanol–water partition coefficient (Wildman–Crippen LogP) is 3.02. The molecule has 1 N–H and O–H groups in total. The maximum Gasteiger partial charge on any atom is 0.322 e. The highest BCUT2D eigenvalue weighted by atomic mass is 32.2. The summed E-state index contributed by atoms with van der Waals surface area (Å²) in [5.74, 6) is 2.44. The van der Waals surface area contributed by atoms with Crippen LogP contribution in [-0.2, 0) is 9.84 Å². The standard InChI is InChI=1S/C19H22N4O3S2/c1-4-14-5-7-16(8-6-14)28(25,26)19(2,3)15-9-11-23(12-10-15)18(24)21-17-13-20-22-27-17/h1,5-8,13,15H,9-12H2,2-3H3,(H,21,24). The van der Waals surface area contributed by atoms with Crippen LogP contribution in [0.3, 0.4) is 0 Å². The molecule has 2 amide bonds. The fourth-order valence-electron chi connectivity index (χ4n) is 3.44. The largest absolute Gasteiger partial charge is 0.324 e. The second-order valence-corrected chi connectivity index (χ2v) is 10.6. The Labute approximate surface area is 169 Å². The highest BCUT2D eigenvalue weighted by Crippen LogP contribution is 2.38. The molecule has 0 aliphatic carbocycles. The van der Waals surface area contributed by atoms with Crippen LogP contribution in [0.4, 0.5) is 9.80 Å². The number of rotatable bonds is 4. The molecule has 1 aromatic heterocycles. The number of piperidine rings is 1. The first kappa shape index (κ1) is 20.3. The number of carbonyl (C=O) groups excluding carboxylic acids is 1. The van der Waals surface area contributed by atoms with E-state index in [1.54, 1.807) is 43.0 Å². The molecule has 1 aliphatic heterocycles. The van der Waals surface area contributed by atoms with Crippen LogP contribution in [0.15, 0.2) is 35.4 Å². The van der Waals surface area contributed by atoms with Gasteiger partial charge in [0.25, 0.3) is 0 Å². The van der Waals surface area contributed by atoms with Crippen molar-refractivity contribution in [2.24, 2.45) is 5.92 Å². The van der Waals surface area contributed by atoms with Gasteiger partial charge in [0.1, 0.15) is 5.00 Å². The Morgan fingerprint density at radius 1 is 1.29 bits per heavy atom. The fourth-order valence-corrected chi connectivity index (χ4v) is 5.62. The van der Waals surface area contributed by atoms with Crippen molar-refractivity contribution < 1.29 is 13.2 Å². The van der Waals surface area contributed by atoms with E-state index in [4.69, 9.17) is 6.42 Å². The summed E-state index contributed by atoms with van der Waals surface area (Å²) in [6.07, 6.45) is 8.07. The maximum atomic E-state index is 13.2. The van der Waals surface area contributed by atoms with Crippen molar-refractivity contribution in [2.45, 2.75) is 36.3 Å². The smallest absolute Gasteiger partial charge is 0.322 e. The van der Waals surface area contributed by atoms with Crippen LogP contribution in [0, 0.1) is 18.3 Å². The molecule has 0 unspecified atom stereocenters. The SMILES string of the molecule is C#Cc1ccc(S(=O)(=O)C(C)(C)C2CCN(C(=O)Nc3cnns3)CC2)cc1. The number of terminal acetylenes is 1. The topological polar surface area (TPSA) is 92.3 Å². The molecule has 148 valence electrons. The summed E-state index contributed by atoms with van der Waals surface area (Å²) in [6.45, 7) is 4.52. The zero-order valence-electron chi connectivity index (χ0n) is 15.8. The lowest BCUT2D eigenvalue weighted by molar-refractivity contribution is 0.171. The number of nitrogens with zero attached hydrogens (tertiary/aromatic N) is 3. The number of hydrogen-bond donors (Lipinski definition) is 1. The van der Waals surface area contributed by atoms with Crippen molar-refractivity contribution in [3.05, 3.63) is 36.0 Å². The van der Waals surface area contributed by atoms with E-state index in [9.17, 15) is 13.2 Å². The predicted molar refractivity (Wildman–Crippen MR) is 109 cm³/mol. The monoisotopic (exact) mass is 418 g/mol. The van der Waals surface area contributed by atoms with Gasteiger partial charge in [0.05, 0.1) is 15.8 Å². The van der Waals surface area contributed by atoms with Crippen LogP contribution in [0.25, 0.3) is 0 Å². The number of amides is 2. The second-order valence-electron chi connectivity index (χ2n) is 7.25. The van der Waals surface area contributed by atoms with Crippen LogP contribution >= 0.6 is 11.5 Å². The number of hydrogen-bond acceptors (Lipinski definition) is 6. The summed E-state index contributed by atoms with van der Waals surface area (Å²) < 4.78 is 29.2. The summed E-state index contributed by atoms with van der Waals surface area (Å²) in [6, 6.07) is 6.21. The van der Waals surface area contributed by atoms with Crippen molar-refractivity contribution in [3.8, 4) is 12.3 Å². The van der Waals surface area contributed by atoms with Crippen LogP contribution in [-0.4, -0.2) is 46.8 Å². The van der Waals surface area contributed by atoms with Crippen molar-refractivity contribution in [1.82, 2.24) is 14.5 Å². The zero-order chi connectivity index (χ0) is 20.4. The lowest BCUT2D eigenvalue weighted by atomic mass is 9.86. The number of aromatic nitrogens is 2. The number of nitrogens with one attached hydrogen (secondary N) is 1. The Kier molecular flexibility index (Phi) is 5.72. The summed E-state index contributed by atoms with van der Waals surface area (Å²) in [5.41, 5.74) is 0.646. The minimum absolute atomic E-state index is 0.0565. The minimum atomic E-state index is -3.54. The Balaban J connectivity index is 1.68. The molecule has 0 radical (unpaired) electrons. The third-order valence-electron chi connectivity index (χ3n) is 5.38. The van der Waals surface area contributed by atoms with Crippen molar-refractivity contribution >= 4 is 32.4 Å². The lowest BCUT2D eigenvalue weighted by Gasteiger charge is -2.40. The molecule has 1 aliphatic rings. The van der Waals surface area contributed by atoms with E-state index in [0.717, 1.165) is 11.5 Å². The molecule has 2 heterocycles. The molecular formula is C19H22N4O3S2. The van der Waals surface area contributed by atoms with Gasteiger partial charge >= 0.3 is 6.03 Å². The number of benzene rings is 1. The average Bonchev–Trinajstić information content (AvgIpc) is 3.21. The summed E-state index contributed by atoms with van der Waals surface area (Å²) in [7, 11) is -3.54. The molecule has 2 aromatic rings. The molecule has 0 spiro atoms. The minimum Gasteiger partial charge on any atom is -0.324 e. The van der Waals surface area contributed by atoms with E-state index >= 15 is 0 Å². The van der Waals surface area contributed by atoms with E-state index in [1.165, 1.54) is 6.20 Å². The highest BCUT2D eigenvalue weighted by molar-refractivity contribution is 7.92. The number of likely N-dealkylation sites (tertiary alicyclic amines) is 1. The third kappa shape index (κ3) is 3.88. The molecule has 0 saturated carbocycles. The first-order chi connectivity index (χ1) is 13.3. The Morgan fingerprint density at radius 2 is 1.93 bits per heavy atom. The van der Waals surface area contributed by atoms with E-state index in [-0.39, 0.29) is 16.8 Å². The van der Waals surface area contributed by atoms with Gasteiger partial charge in [-0.1, -0.05) is 10.4 Å². The van der Waals surface area contributed by atoms with Crippen LogP contribution < -0.4 is 5.32 Å². The van der Waals surface area contributed by atoms with Gasteiger partial charge in [-0.25, -0.2) is 13.2 Å². The summed E-state index contributed by atoms with van der Waals surface area (Å²) in [4.78, 5) is 14.3. The first-order valence-electron chi connectivity index (χ1n) is 8.90. The van der Waals surface area contributed by atoms with E-state index in [0.29, 0.717) is 36.5 Å². The van der Waals surface area contributed by atoms with E-state index in [1.807, 2.05) is 0 Å². The molecule has 0 atom stereocenters. The summed E-state index contributed by atoms with van der Waals surface area (Å²) in [5, 5.41) is 7.04. The number of carbonyl (C=O) groups is 1. The molecular weight excluding hydrogens is 396 g/mol. The van der Waals surface area contributed by atoms with Gasteiger partial charge in [0.15, 0.2) is 9.84 Å². The van der Waals surface area contributed by atoms with Crippen molar-refractivity contribution in [3.63, 3.8) is 0 Å². The molecule has 28 heavy (non-hydrogen) atoms. The molecule has 0 bridgehead atoms. The van der Waals surface area contributed by atoms with Gasteiger partial charge in [-0.2, -0.15) is 0 Å². The van der Waals surface area contributed by atoms with Crippen LogP contribution in [0.5, 0.6) is 0 Å². The van der Waals surface area contributed by atoms with Gasteiger partial charge < -0.3 is 4.90 Å². The molecule has 1 aromatic carbocycles. The fraction of sp³-hybridized carbons (Fsp3) is 0.421. The van der Waals surface area contributed by atoms with Gasteiger partial charge in [-0.15, -0.1) is 11.5 Å². The zero-order valence-corrected chi connectivity index (χ0v) is 17.4. The Bertz CT molecular complexity index is 969. The first-order valence-corrected chi connectivity index (χ1v) is 11.2. The number of anilines is 1. The van der Waals surface area contributed by atoms with Crippen LogP contribution in [0.2, 0.25) is 0 Å². The number of sulfone groups is 1. The third-order valence-corrected chi connectivity index (χ3v) is 8.57. The van der Waals surface area contributed by atoms with Gasteiger partial charge in [0, 0.05) is 30.2 Å². The Hall–Kier alpha value is -2.44. The summed E-state index contributed by atoms with van der Waals surface area (Å²) >= 11 is 1.11. The molecule has 7 nitrogen and oxygen atoms in total. The van der Waals surface area contributed by atoms with Gasteiger partial charge in [-0.3, -0.25) is 5.32 Å². The molecule has 9 heteroatoms. The number of urea groups is 1. The average molecular weight is 419 g/mol. The van der Waals surface area contributed by atoms with Crippen molar-refractivity contribution in [2.75, 3.05) is 18.4 Å². The van der Waals surface area contributed by atoms with E-state index < -0.39 is 14.6 Å². The van der Waals surface area contributed by atoms with Crippen molar-refractivity contribution in [1.29, 1.82) is 0 Å². The molecule has 1 fully saturated rings. The lowest BCUT2D eigenvalue weighted by Crippen LogP contribution is -2.48. The van der Waals surface area contributed by atoms with Gasteiger partial charge in [-0.05, 0) is 56.9 Å². The quantitative estimate of drug-likeness (QED) is 0.771. The van der Waals surface area contributed by atoms with Crippen LogP contribution in [0.1, 0.15) is 32.3 Å². The normalized spacial score (nSPS) is 15.8. The maximum absolute atomic E-state index is 13.2.